The summed E-state index contributed by atoms with van der Waals surface area (Å²) >= 11 is 5.29. The van der Waals surface area contributed by atoms with E-state index in [2.05, 4.69) is 43.7 Å². The van der Waals surface area contributed by atoms with Crippen LogP contribution in [-0.4, -0.2) is 12.0 Å². The zero-order valence-corrected chi connectivity index (χ0v) is 10.7. The molecule has 15 heavy (non-hydrogen) atoms. The fourth-order valence-corrected chi connectivity index (χ4v) is 3.25. The first-order valence-electron chi connectivity index (χ1n) is 4.63. The van der Waals surface area contributed by atoms with Gasteiger partial charge in [-0.1, -0.05) is 6.07 Å². The van der Waals surface area contributed by atoms with E-state index in [0.717, 1.165) is 4.47 Å². The molecule has 0 aliphatic heterocycles. The lowest BCUT2D eigenvalue weighted by Crippen LogP contribution is -2.16. The minimum Gasteiger partial charge on any atom is -0.309 e. The first-order chi connectivity index (χ1) is 7.33. The number of hydrogen-bond acceptors (Lipinski definition) is 3. The van der Waals surface area contributed by atoms with E-state index < -0.39 is 0 Å². The minimum atomic E-state index is 0.216. The van der Waals surface area contributed by atoms with Crippen molar-refractivity contribution in [2.24, 2.45) is 0 Å². The number of hydrogen-bond donors (Lipinski definition) is 1. The molecule has 0 aliphatic carbocycles. The number of rotatable bonds is 3. The molecule has 0 saturated carbocycles. The van der Waals surface area contributed by atoms with Gasteiger partial charge in [0.25, 0.3) is 0 Å². The maximum atomic E-state index is 4.14. The van der Waals surface area contributed by atoms with Crippen LogP contribution in [-0.2, 0) is 0 Å². The molecule has 0 aliphatic rings. The summed E-state index contributed by atoms with van der Waals surface area (Å²) in [6.07, 6.45) is 3.69. The maximum absolute atomic E-state index is 4.14. The molecule has 0 spiro atoms. The second-order valence-electron chi connectivity index (χ2n) is 3.14. The third-order valence-corrected chi connectivity index (χ3v) is 4.15. The molecule has 2 rings (SSSR count). The summed E-state index contributed by atoms with van der Waals surface area (Å²) in [5.41, 5.74) is 1.18. The van der Waals surface area contributed by atoms with Crippen molar-refractivity contribution >= 4 is 27.3 Å². The number of nitrogens with zero attached hydrogens (tertiary/aromatic N) is 1. The van der Waals surface area contributed by atoms with Crippen molar-refractivity contribution in [3.8, 4) is 0 Å². The van der Waals surface area contributed by atoms with E-state index in [9.17, 15) is 0 Å². The van der Waals surface area contributed by atoms with Gasteiger partial charge < -0.3 is 5.32 Å². The summed E-state index contributed by atoms with van der Waals surface area (Å²) in [5, 5.41) is 5.39. The number of thiophene rings is 1. The molecule has 78 valence electrons. The molecular weight excluding hydrogens is 272 g/mol. The predicted octanol–water partition coefficient (Wildman–Crippen LogP) is 3.21. The van der Waals surface area contributed by atoms with E-state index in [4.69, 9.17) is 0 Å². The Morgan fingerprint density at radius 1 is 1.47 bits per heavy atom. The lowest BCUT2D eigenvalue weighted by molar-refractivity contribution is 0.698. The summed E-state index contributed by atoms with van der Waals surface area (Å²) in [4.78, 5) is 5.43. The standard InChI is InChI=1S/C11H11BrN2S/c1-13-10(8-3-2-5-14-7-8)11-9(12)4-6-15-11/h2-7,10,13H,1H3. The van der Waals surface area contributed by atoms with Gasteiger partial charge in [-0.25, -0.2) is 0 Å². The molecule has 1 atom stereocenters. The molecule has 2 aromatic heterocycles. The average Bonchev–Trinajstić information content (AvgIpc) is 2.68. The lowest BCUT2D eigenvalue weighted by Gasteiger charge is -2.15. The van der Waals surface area contributed by atoms with Gasteiger partial charge in [0.2, 0.25) is 0 Å². The molecule has 2 nitrogen and oxygen atoms in total. The van der Waals surface area contributed by atoms with Crippen LogP contribution in [0.5, 0.6) is 0 Å². The lowest BCUT2D eigenvalue weighted by atomic mass is 10.1. The van der Waals surface area contributed by atoms with Gasteiger partial charge in [-0.3, -0.25) is 4.98 Å². The zero-order valence-electron chi connectivity index (χ0n) is 8.27. The molecule has 0 fully saturated rings. The molecule has 4 heteroatoms. The highest BCUT2D eigenvalue weighted by Crippen LogP contribution is 2.32. The van der Waals surface area contributed by atoms with Crippen molar-refractivity contribution < 1.29 is 0 Å². The van der Waals surface area contributed by atoms with Crippen LogP contribution in [0.15, 0.2) is 40.4 Å². The fraction of sp³-hybridized carbons (Fsp3) is 0.182. The predicted molar refractivity (Wildman–Crippen MR) is 67.2 cm³/mol. The van der Waals surface area contributed by atoms with Gasteiger partial charge in [-0.05, 0) is 46.1 Å². The normalized spacial score (nSPS) is 12.7. The van der Waals surface area contributed by atoms with Crippen LogP contribution in [0, 0.1) is 0 Å². The largest absolute Gasteiger partial charge is 0.309 e. The Morgan fingerprint density at radius 2 is 2.33 bits per heavy atom. The van der Waals surface area contributed by atoms with E-state index in [1.54, 1.807) is 17.5 Å². The summed E-state index contributed by atoms with van der Waals surface area (Å²) in [5.74, 6) is 0. The van der Waals surface area contributed by atoms with Crippen LogP contribution in [0.25, 0.3) is 0 Å². The van der Waals surface area contributed by atoms with E-state index >= 15 is 0 Å². The summed E-state index contributed by atoms with van der Waals surface area (Å²) < 4.78 is 1.15. The topological polar surface area (TPSA) is 24.9 Å². The minimum absolute atomic E-state index is 0.216. The maximum Gasteiger partial charge on any atom is 0.0695 e. The van der Waals surface area contributed by atoms with Crippen LogP contribution in [0.1, 0.15) is 16.5 Å². The monoisotopic (exact) mass is 282 g/mol. The second kappa shape index (κ2) is 4.88. The summed E-state index contributed by atoms with van der Waals surface area (Å²) in [6.45, 7) is 0. The molecular formula is C11H11BrN2S. The highest BCUT2D eigenvalue weighted by atomic mass is 79.9. The summed E-state index contributed by atoms with van der Waals surface area (Å²) in [7, 11) is 1.96. The van der Waals surface area contributed by atoms with Crippen molar-refractivity contribution in [2.45, 2.75) is 6.04 Å². The Hall–Kier alpha value is -0.710. The summed E-state index contributed by atoms with van der Waals surface area (Å²) in [6, 6.07) is 6.33. The van der Waals surface area contributed by atoms with Crippen molar-refractivity contribution in [3.05, 3.63) is 50.9 Å². The van der Waals surface area contributed by atoms with Crippen LogP contribution in [0.3, 0.4) is 0 Å². The first-order valence-corrected chi connectivity index (χ1v) is 6.30. The molecule has 0 saturated heterocycles. The van der Waals surface area contributed by atoms with Crippen LogP contribution < -0.4 is 5.32 Å². The number of aromatic nitrogens is 1. The van der Waals surface area contributed by atoms with Gasteiger partial charge in [0.15, 0.2) is 0 Å². The first kappa shape index (κ1) is 10.8. The molecule has 2 aromatic rings. The van der Waals surface area contributed by atoms with Gasteiger partial charge in [-0.15, -0.1) is 11.3 Å². The van der Waals surface area contributed by atoms with E-state index in [1.807, 2.05) is 19.3 Å². The highest BCUT2D eigenvalue weighted by molar-refractivity contribution is 9.10. The Kier molecular flexibility index (Phi) is 3.51. The molecule has 2 heterocycles. The van der Waals surface area contributed by atoms with E-state index in [1.165, 1.54) is 10.4 Å². The third-order valence-electron chi connectivity index (χ3n) is 2.21. The number of pyridine rings is 1. The molecule has 1 N–H and O–H groups in total. The smallest absolute Gasteiger partial charge is 0.0695 e. The quantitative estimate of drug-likeness (QED) is 0.935. The molecule has 0 bridgehead atoms. The molecule has 0 aromatic carbocycles. The van der Waals surface area contributed by atoms with Crippen molar-refractivity contribution in [2.75, 3.05) is 7.05 Å². The number of halogens is 1. The van der Waals surface area contributed by atoms with Gasteiger partial charge in [0.05, 0.1) is 6.04 Å². The van der Waals surface area contributed by atoms with Gasteiger partial charge in [-0.2, -0.15) is 0 Å². The van der Waals surface area contributed by atoms with E-state index in [-0.39, 0.29) is 6.04 Å². The Bertz CT molecular complexity index is 427. The molecule has 1 unspecified atom stereocenters. The van der Waals surface area contributed by atoms with Crippen LogP contribution in [0.2, 0.25) is 0 Å². The van der Waals surface area contributed by atoms with Crippen molar-refractivity contribution in [1.82, 2.24) is 10.3 Å². The average molecular weight is 283 g/mol. The highest BCUT2D eigenvalue weighted by Gasteiger charge is 2.15. The third kappa shape index (κ3) is 2.27. The SMILES string of the molecule is CNC(c1cccnc1)c1sccc1Br. The zero-order chi connectivity index (χ0) is 10.7. The second-order valence-corrected chi connectivity index (χ2v) is 4.94. The van der Waals surface area contributed by atoms with Gasteiger partial charge in [0.1, 0.15) is 0 Å². The Morgan fingerprint density at radius 3 is 2.87 bits per heavy atom. The van der Waals surface area contributed by atoms with Gasteiger partial charge >= 0.3 is 0 Å². The number of nitrogens with one attached hydrogen (secondary N) is 1. The van der Waals surface area contributed by atoms with Crippen molar-refractivity contribution in [1.29, 1.82) is 0 Å². The molecule has 0 amide bonds. The van der Waals surface area contributed by atoms with E-state index in [0.29, 0.717) is 0 Å². The van der Waals surface area contributed by atoms with Crippen molar-refractivity contribution in [3.63, 3.8) is 0 Å². The Labute approximate surface area is 101 Å². The Balaban J connectivity index is 2.37. The molecule has 0 radical (unpaired) electrons. The van der Waals surface area contributed by atoms with Crippen LogP contribution >= 0.6 is 27.3 Å². The van der Waals surface area contributed by atoms with Crippen LogP contribution in [0.4, 0.5) is 0 Å². The van der Waals surface area contributed by atoms with Gasteiger partial charge in [0, 0.05) is 21.7 Å². The fourth-order valence-electron chi connectivity index (χ4n) is 1.51.